The van der Waals surface area contributed by atoms with Crippen molar-refractivity contribution in [3.63, 3.8) is 0 Å². The Kier molecular flexibility index (Phi) is 6.44. The highest BCUT2D eigenvalue weighted by molar-refractivity contribution is 8.16. The molecule has 2 aliphatic heterocycles. The number of hydrogen-bond donors (Lipinski definition) is 1. The highest BCUT2D eigenvalue weighted by atomic mass is 35.5. The van der Waals surface area contributed by atoms with Crippen molar-refractivity contribution in [3.05, 3.63) is 75.8 Å². The highest BCUT2D eigenvalue weighted by Gasteiger charge is 2.31. The van der Waals surface area contributed by atoms with E-state index in [0.29, 0.717) is 34.7 Å². The zero-order chi connectivity index (χ0) is 21.8. The van der Waals surface area contributed by atoms with Crippen LogP contribution in [0.3, 0.4) is 0 Å². The molecule has 31 heavy (non-hydrogen) atoms. The summed E-state index contributed by atoms with van der Waals surface area (Å²) in [5.41, 5.74) is 2.05. The van der Waals surface area contributed by atoms with Gasteiger partial charge in [-0.25, -0.2) is 0 Å². The molecule has 2 aliphatic rings. The first-order valence-corrected chi connectivity index (χ1v) is 11.0. The summed E-state index contributed by atoms with van der Waals surface area (Å²) < 4.78 is 11.6. The Hall–Kier alpha value is -3.03. The molecule has 2 aromatic carbocycles. The lowest BCUT2D eigenvalue weighted by Crippen LogP contribution is -2.35. The van der Waals surface area contributed by atoms with Gasteiger partial charge in [0.15, 0.2) is 5.17 Å². The van der Waals surface area contributed by atoms with Gasteiger partial charge in [0.05, 0.1) is 10.6 Å². The first kappa shape index (κ1) is 21.2. The molecule has 4 rings (SSSR count). The third-order valence-corrected chi connectivity index (χ3v) is 5.78. The molecule has 158 valence electrons. The Labute approximate surface area is 189 Å². The third-order valence-electron chi connectivity index (χ3n) is 4.73. The fourth-order valence-electron chi connectivity index (χ4n) is 3.16. The van der Waals surface area contributed by atoms with Crippen molar-refractivity contribution in [1.82, 2.24) is 4.90 Å². The lowest BCUT2D eigenvalue weighted by Gasteiger charge is -2.22. The van der Waals surface area contributed by atoms with Gasteiger partial charge in [-0.05, 0) is 47.2 Å². The summed E-state index contributed by atoms with van der Waals surface area (Å²) in [4.78, 5) is 17.9. The van der Waals surface area contributed by atoms with Crippen molar-refractivity contribution in [3.8, 4) is 11.5 Å². The van der Waals surface area contributed by atoms with Gasteiger partial charge in [0.2, 0.25) is 0 Å². The number of amidine groups is 2. The van der Waals surface area contributed by atoms with Gasteiger partial charge in [0, 0.05) is 6.20 Å². The number of para-hydroxylation sites is 1. The van der Waals surface area contributed by atoms with E-state index in [1.165, 1.54) is 11.8 Å². The Morgan fingerprint density at radius 1 is 1.16 bits per heavy atom. The summed E-state index contributed by atoms with van der Waals surface area (Å²) in [6.07, 6.45) is 4.23. The minimum Gasteiger partial charge on any atom is -0.490 e. The minimum atomic E-state index is -0.437. The molecule has 1 amide bonds. The van der Waals surface area contributed by atoms with Gasteiger partial charge >= 0.3 is 0 Å². The van der Waals surface area contributed by atoms with Gasteiger partial charge in [-0.2, -0.15) is 4.99 Å². The van der Waals surface area contributed by atoms with Crippen molar-refractivity contribution < 1.29 is 14.3 Å². The molecule has 0 saturated heterocycles. The molecule has 0 bridgehead atoms. The number of halogens is 1. The number of benzene rings is 2. The number of fused-ring (bicyclic) bond motifs is 1. The van der Waals surface area contributed by atoms with Crippen LogP contribution in [0.2, 0.25) is 5.02 Å². The Bertz CT molecular complexity index is 1130. The summed E-state index contributed by atoms with van der Waals surface area (Å²) in [5, 5.41) is 11.0. The molecule has 0 unspecified atom stereocenters. The average Bonchev–Trinajstić information content (AvgIpc) is 3.24. The molecule has 1 N–H and O–H groups in total. The average molecular weight is 454 g/mol. The maximum Gasteiger partial charge on any atom is 0.283 e. The number of nitrogens with zero attached hydrogens (tertiary/aromatic N) is 2. The SMILES string of the molecule is CCc1ccccc1OCCOc1ccc(/C=C2/C(=N)N3C=CSC3=NC2=O)cc1Cl. The van der Waals surface area contributed by atoms with Crippen LogP contribution < -0.4 is 9.47 Å². The zero-order valence-electron chi connectivity index (χ0n) is 16.8. The number of rotatable bonds is 7. The minimum absolute atomic E-state index is 0.0946. The normalized spacial score (nSPS) is 16.5. The van der Waals surface area contributed by atoms with Gasteiger partial charge in [0.25, 0.3) is 5.91 Å². The summed E-state index contributed by atoms with van der Waals surface area (Å²) in [5.74, 6) is 1.05. The fraction of sp³-hybridized carbons (Fsp3) is 0.174. The lowest BCUT2D eigenvalue weighted by molar-refractivity contribution is -0.114. The number of carbonyl (C=O) groups is 1. The molecule has 0 saturated carbocycles. The van der Waals surface area contributed by atoms with E-state index in [0.717, 1.165) is 17.7 Å². The number of aryl methyl sites for hydroxylation is 1. The molecular formula is C23H20ClN3O3S. The van der Waals surface area contributed by atoms with Crippen LogP contribution >= 0.6 is 23.4 Å². The molecule has 2 heterocycles. The maximum atomic E-state index is 12.3. The molecule has 0 fully saturated rings. The maximum absolute atomic E-state index is 12.3. The smallest absolute Gasteiger partial charge is 0.283 e. The van der Waals surface area contributed by atoms with E-state index in [1.54, 1.807) is 40.8 Å². The molecule has 0 radical (unpaired) electrons. The van der Waals surface area contributed by atoms with Crippen molar-refractivity contribution in [1.29, 1.82) is 5.41 Å². The predicted molar refractivity (Wildman–Crippen MR) is 125 cm³/mol. The van der Waals surface area contributed by atoms with Crippen LogP contribution in [0.5, 0.6) is 11.5 Å². The number of nitrogens with one attached hydrogen (secondary N) is 1. The van der Waals surface area contributed by atoms with E-state index < -0.39 is 5.91 Å². The second-order valence-electron chi connectivity index (χ2n) is 6.73. The largest absolute Gasteiger partial charge is 0.490 e. The van der Waals surface area contributed by atoms with E-state index in [1.807, 2.05) is 24.3 Å². The number of amides is 1. The summed E-state index contributed by atoms with van der Waals surface area (Å²) >= 11 is 7.68. The number of hydrogen-bond acceptors (Lipinski definition) is 5. The summed E-state index contributed by atoms with van der Waals surface area (Å²) in [6.45, 7) is 2.83. The van der Waals surface area contributed by atoms with E-state index in [-0.39, 0.29) is 11.4 Å². The molecular weight excluding hydrogens is 434 g/mol. The highest BCUT2D eigenvalue weighted by Crippen LogP contribution is 2.30. The molecule has 0 atom stereocenters. The van der Waals surface area contributed by atoms with Gasteiger partial charge in [-0.3, -0.25) is 15.1 Å². The molecule has 0 aromatic heterocycles. The van der Waals surface area contributed by atoms with Crippen molar-refractivity contribution in [2.45, 2.75) is 13.3 Å². The summed E-state index contributed by atoms with van der Waals surface area (Å²) in [6, 6.07) is 13.2. The molecule has 0 aliphatic carbocycles. The van der Waals surface area contributed by atoms with Crippen LogP contribution in [0.15, 0.2) is 64.6 Å². The number of carbonyl (C=O) groups excluding carboxylic acids is 1. The topological polar surface area (TPSA) is 75.0 Å². The number of ether oxygens (including phenoxy) is 2. The zero-order valence-corrected chi connectivity index (χ0v) is 18.4. The van der Waals surface area contributed by atoms with Crippen LogP contribution in [-0.4, -0.2) is 35.0 Å². The van der Waals surface area contributed by atoms with E-state index >= 15 is 0 Å². The van der Waals surface area contributed by atoms with Crippen LogP contribution in [0.4, 0.5) is 0 Å². The van der Waals surface area contributed by atoms with E-state index in [2.05, 4.69) is 11.9 Å². The van der Waals surface area contributed by atoms with Crippen molar-refractivity contribution in [2.24, 2.45) is 4.99 Å². The van der Waals surface area contributed by atoms with Crippen molar-refractivity contribution in [2.75, 3.05) is 13.2 Å². The Morgan fingerprint density at radius 2 is 1.94 bits per heavy atom. The van der Waals surface area contributed by atoms with Crippen molar-refractivity contribution >= 4 is 46.3 Å². The molecule has 8 heteroatoms. The van der Waals surface area contributed by atoms with Gasteiger partial charge < -0.3 is 9.47 Å². The molecule has 6 nitrogen and oxygen atoms in total. The third kappa shape index (κ3) is 4.68. The molecule has 2 aromatic rings. The standard InChI is InChI=1S/C23H20ClN3O3S/c1-2-16-5-3-4-6-19(16)29-10-11-30-20-8-7-15(14-18(20)24)13-17-21(25)27-9-12-31-23(27)26-22(17)28/h3-9,12-14,25H,2,10-11H2,1H3/b17-13-,25-21?. The van der Waals surface area contributed by atoms with Gasteiger partial charge in [0.1, 0.15) is 30.5 Å². The van der Waals surface area contributed by atoms with Gasteiger partial charge in [-0.1, -0.05) is 54.6 Å². The van der Waals surface area contributed by atoms with Gasteiger partial charge in [-0.15, -0.1) is 0 Å². The molecule has 0 spiro atoms. The quantitative estimate of drug-likeness (QED) is 0.464. The first-order chi connectivity index (χ1) is 15.1. The second kappa shape index (κ2) is 9.41. The fourth-order valence-corrected chi connectivity index (χ4v) is 4.11. The van der Waals surface area contributed by atoms with Crippen LogP contribution in [0, 0.1) is 5.41 Å². The van der Waals surface area contributed by atoms with Crippen LogP contribution in [0.1, 0.15) is 18.1 Å². The number of aliphatic imine (C=N–C) groups is 1. The number of thioether (sulfide) groups is 1. The second-order valence-corrected chi connectivity index (χ2v) is 8.01. The van der Waals surface area contributed by atoms with Crippen LogP contribution in [-0.2, 0) is 11.2 Å². The Morgan fingerprint density at radius 3 is 2.71 bits per heavy atom. The van der Waals surface area contributed by atoms with E-state index in [4.69, 9.17) is 26.5 Å². The summed E-state index contributed by atoms with van der Waals surface area (Å²) in [7, 11) is 0. The first-order valence-electron chi connectivity index (χ1n) is 9.76. The van der Waals surface area contributed by atoms with Crippen LogP contribution in [0.25, 0.3) is 6.08 Å². The monoisotopic (exact) mass is 453 g/mol. The predicted octanol–water partition coefficient (Wildman–Crippen LogP) is 5.14. The Balaban J connectivity index is 1.39. The van der Waals surface area contributed by atoms with E-state index in [9.17, 15) is 4.79 Å². The lowest BCUT2D eigenvalue weighted by atomic mass is 10.1.